The van der Waals surface area contributed by atoms with Crippen molar-refractivity contribution in [2.24, 2.45) is 0 Å². The van der Waals surface area contributed by atoms with Crippen LogP contribution in [-0.2, 0) is 19.8 Å². The summed E-state index contributed by atoms with van der Waals surface area (Å²) in [5.74, 6) is -1.12. The van der Waals surface area contributed by atoms with Gasteiger partial charge in [-0.15, -0.1) is 0 Å². The van der Waals surface area contributed by atoms with Gasteiger partial charge in [-0.1, -0.05) is 12.8 Å². The van der Waals surface area contributed by atoms with Gasteiger partial charge in [0.05, 0.1) is 0 Å². The molecule has 24 heavy (non-hydrogen) atoms. The number of nitrogens with one attached hydrogen (secondary N) is 1. The second-order valence-corrected chi connectivity index (χ2v) is 8.69. The van der Waals surface area contributed by atoms with E-state index in [1.165, 1.54) is 9.21 Å². The quantitative estimate of drug-likeness (QED) is 0.691. The van der Waals surface area contributed by atoms with Crippen LogP contribution in [-0.4, -0.2) is 79.1 Å². The minimum Gasteiger partial charge on any atom is -0.345 e. The molecule has 0 unspecified atom stereocenters. The average Bonchev–Trinajstić information content (AvgIpc) is 3.40. The number of hydrogen-bond acceptors (Lipinski definition) is 4. The molecule has 0 aromatic rings. The predicted molar refractivity (Wildman–Crippen MR) is 88.3 cm³/mol. The number of nitrogens with zero attached hydrogens (tertiary/aromatic N) is 3. The predicted octanol–water partition coefficient (Wildman–Crippen LogP) is -0.470. The highest BCUT2D eigenvalue weighted by molar-refractivity contribution is 7.86. The normalized spacial score (nSPS) is 24.4. The van der Waals surface area contributed by atoms with Crippen molar-refractivity contribution in [3.05, 3.63) is 0 Å². The van der Waals surface area contributed by atoms with E-state index >= 15 is 0 Å². The maximum absolute atomic E-state index is 12.7. The van der Waals surface area contributed by atoms with Crippen molar-refractivity contribution < 1.29 is 18.0 Å². The molecule has 2 saturated heterocycles. The van der Waals surface area contributed by atoms with Crippen LogP contribution in [0.4, 0.5) is 0 Å². The summed E-state index contributed by atoms with van der Waals surface area (Å²) in [7, 11) is -3.46. The SMILES string of the molecule is O=C(NC1CC1)C(=O)N1CCN(S(=O)(=O)N2CCCCCC2)CC1. The molecule has 2 amide bonds. The summed E-state index contributed by atoms with van der Waals surface area (Å²) >= 11 is 0. The summed E-state index contributed by atoms with van der Waals surface area (Å²) in [6, 6.07) is 0.145. The monoisotopic (exact) mass is 358 g/mol. The highest BCUT2D eigenvalue weighted by atomic mass is 32.2. The average molecular weight is 358 g/mol. The lowest BCUT2D eigenvalue weighted by Gasteiger charge is -2.36. The van der Waals surface area contributed by atoms with Crippen LogP contribution < -0.4 is 5.32 Å². The Morgan fingerprint density at radius 3 is 1.88 bits per heavy atom. The summed E-state index contributed by atoms with van der Waals surface area (Å²) in [4.78, 5) is 25.4. The maximum atomic E-state index is 12.7. The Kier molecular flexibility index (Phi) is 5.41. The van der Waals surface area contributed by atoms with Crippen molar-refractivity contribution >= 4 is 22.0 Å². The number of carbonyl (C=O) groups is 2. The first kappa shape index (κ1) is 17.6. The Hall–Kier alpha value is -1.19. The first-order chi connectivity index (χ1) is 11.5. The molecule has 3 rings (SSSR count). The van der Waals surface area contributed by atoms with Crippen LogP contribution in [0.25, 0.3) is 0 Å². The molecular formula is C15H26N4O4S. The van der Waals surface area contributed by atoms with E-state index in [1.54, 1.807) is 4.31 Å². The molecule has 1 N–H and O–H groups in total. The van der Waals surface area contributed by atoms with Gasteiger partial charge >= 0.3 is 11.8 Å². The zero-order valence-corrected chi connectivity index (χ0v) is 14.8. The Bertz CT molecular complexity index is 574. The first-order valence-electron chi connectivity index (χ1n) is 8.83. The van der Waals surface area contributed by atoms with E-state index < -0.39 is 22.0 Å². The van der Waals surface area contributed by atoms with Gasteiger partial charge in [0.25, 0.3) is 10.2 Å². The summed E-state index contributed by atoms with van der Waals surface area (Å²) < 4.78 is 28.5. The number of hydrogen-bond donors (Lipinski definition) is 1. The van der Waals surface area contributed by atoms with E-state index in [2.05, 4.69) is 5.32 Å². The molecule has 0 radical (unpaired) electrons. The zero-order valence-electron chi connectivity index (χ0n) is 13.9. The summed E-state index contributed by atoms with van der Waals surface area (Å²) in [5.41, 5.74) is 0. The number of rotatable bonds is 3. The van der Waals surface area contributed by atoms with Crippen LogP contribution in [0.5, 0.6) is 0 Å². The van der Waals surface area contributed by atoms with E-state index in [1.807, 2.05) is 0 Å². The van der Waals surface area contributed by atoms with E-state index in [0.29, 0.717) is 13.1 Å². The molecule has 3 fully saturated rings. The second kappa shape index (κ2) is 7.37. The second-order valence-electron chi connectivity index (χ2n) is 6.76. The van der Waals surface area contributed by atoms with E-state index in [0.717, 1.165) is 38.5 Å². The van der Waals surface area contributed by atoms with E-state index in [4.69, 9.17) is 0 Å². The van der Waals surface area contributed by atoms with Crippen molar-refractivity contribution in [1.82, 2.24) is 18.8 Å². The molecule has 9 heteroatoms. The Balaban J connectivity index is 1.53. The van der Waals surface area contributed by atoms with Crippen LogP contribution in [0.15, 0.2) is 0 Å². The molecule has 1 aliphatic carbocycles. The van der Waals surface area contributed by atoms with Gasteiger partial charge in [-0.25, -0.2) is 0 Å². The third kappa shape index (κ3) is 4.07. The zero-order chi connectivity index (χ0) is 17.2. The molecule has 2 aliphatic heterocycles. The molecule has 2 heterocycles. The van der Waals surface area contributed by atoms with Gasteiger partial charge < -0.3 is 10.2 Å². The van der Waals surface area contributed by atoms with Gasteiger partial charge in [0.2, 0.25) is 0 Å². The molecule has 0 atom stereocenters. The van der Waals surface area contributed by atoms with Gasteiger partial charge in [0.1, 0.15) is 0 Å². The highest BCUT2D eigenvalue weighted by Gasteiger charge is 2.35. The topological polar surface area (TPSA) is 90.0 Å². The van der Waals surface area contributed by atoms with Crippen LogP contribution in [0.2, 0.25) is 0 Å². The van der Waals surface area contributed by atoms with Gasteiger partial charge in [-0.2, -0.15) is 17.0 Å². The smallest absolute Gasteiger partial charge is 0.311 e. The van der Waals surface area contributed by atoms with Gasteiger partial charge in [-0.05, 0) is 25.7 Å². The number of piperazine rings is 1. The lowest BCUT2D eigenvalue weighted by molar-refractivity contribution is -0.146. The lowest BCUT2D eigenvalue weighted by Crippen LogP contribution is -2.56. The molecule has 136 valence electrons. The third-order valence-electron chi connectivity index (χ3n) is 4.85. The largest absolute Gasteiger partial charge is 0.345 e. The molecule has 0 aromatic heterocycles. The summed E-state index contributed by atoms with van der Waals surface area (Å²) in [6.45, 7) is 2.19. The van der Waals surface area contributed by atoms with Gasteiger partial charge in [-0.3, -0.25) is 9.59 Å². The molecule has 1 saturated carbocycles. The number of amides is 2. The fraction of sp³-hybridized carbons (Fsp3) is 0.867. The van der Waals surface area contributed by atoms with Crippen molar-refractivity contribution in [3.63, 3.8) is 0 Å². The third-order valence-corrected chi connectivity index (χ3v) is 6.89. The minimum atomic E-state index is -3.46. The molecule has 0 bridgehead atoms. The van der Waals surface area contributed by atoms with E-state index in [9.17, 15) is 18.0 Å². The number of carbonyl (C=O) groups excluding carboxylic acids is 2. The Labute approximate surface area is 143 Å². The van der Waals surface area contributed by atoms with Crippen LogP contribution >= 0.6 is 0 Å². The van der Waals surface area contributed by atoms with Crippen molar-refractivity contribution in [3.8, 4) is 0 Å². The standard InChI is InChI=1S/C15H26N4O4S/c20-14(16-13-5-6-13)15(21)17-9-11-19(12-10-17)24(22,23)18-7-3-1-2-4-8-18/h13H,1-12H2,(H,16,20). The van der Waals surface area contributed by atoms with Crippen molar-refractivity contribution in [1.29, 1.82) is 0 Å². The molecule has 8 nitrogen and oxygen atoms in total. The van der Waals surface area contributed by atoms with E-state index in [-0.39, 0.29) is 32.2 Å². The fourth-order valence-electron chi connectivity index (χ4n) is 3.18. The first-order valence-corrected chi connectivity index (χ1v) is 10.2. The van der Waals surface area contributed by atoms with Crippen molar-refractivity contribution in [2.45, 2.75) is 44.6 Å². The van der Waals surface area contributed by atoms with Gasteiger partial charge in [0.15, 0.2) is 0 Å². The Morgan fingerprint density at radius 1 is 0.792 bits per heavy atom. The molecule has 0 aromatic carbocycles. The van der Waals surface area contributed by atoms with Crippen molar-refractivity contribution in [2.75, 3.05) is 39.3 Å². The van der Waals surface area contributed by atoms with Crippen LogP contribution in [0.3, 0.4) is 0 Å². The minimum absolute atomic E-state index is 0.145. The Morgan fingerprint density at radius 2 is 1.33 bits per heavy atom. The molecule has 3 aliphatic rings. The fourth-order valence-corrected chi connectivity index (χ4v) is 4.85. The lowest BCUT2D eigenvalue weighted by atomic mass is 10.2. The van der Waals surface area contributed by atoms with Crippen LogP contribution in [0.1, 0.15) is 38.5 Å². The summed E-state index contributed by atoms with van der Waals surface area (Å²) in [6.07, 6.45) is 5.81. The summed E-state index contributed by atoms with van der Waals surface area (Å²) in [5, 5.41) is 2.68. The van der Waals surface area contributed by atoms with Crippen LogP contribution in [0, 0.1) is 0 Å². The van der Waals surface area contributed by atoms with Gasteiger partial charge in [0, 0.05) is 45.3 Å². The maximum Gasteiger partial charge on any atom is 0.311 e. The highest BCUT2D eigenvalue weighted by Crippen LogP contribution is 2.19. The molecule has 0 spiro atoms. The molecular weight excluding hydrogens is 332 g/mol.